The molecule has 0 aromatic carbocycles. The van der Waals surface area contributed by atoms with Crippen molar-refractivity contribution in [1.82, 2.24) is 9.97 Å². The molecule has 0 aliphatic carbocycles. The zero-order valence-electron chi connectivity index (χ0n) is 9.38. The van der Waals surface area contributed by atoms with Crippen LogP contribution >= 0.6 is 11.6 Å². The molecule has 0 aliphatic heterocycles. The molecule has 9 heteroatoms. The first-order chi connectivity index (χ1) is 8.43. The summed E-state index contributed by atoms with van der Waals surface area (Å²) in [6.45, 7) is -0.155. The molecule has 98 valence electrons. The second-order valence-corrected chi connectivity index (χ2v) is 3.53. The third-order valence-corrected chi connectivity index (χ3v) is 2.07. The van der Waals surface area contributed by atoms with Crippen LogP contribution in [-0.4, -0.2) is 46.7 Å². The number of amides is 1. The van der Waals surface area contributed by atoms with Gasteiger partial charge in [-0.15, -0.1) is 0 Å². The van der Waals surface area contributed by atoms with Gasteiger partial charge >= 0.3 is 5.97 Å². The molecule has 1 rings (SSSR count). The van der Waals surface area contributed by atoms with Gasteiger partial charge in [0.2, 0.25) is 5.28 Å². The molecule has 1 heterocycles. The number of nitrogens with two attached hydrogens (primary N) is 1. The number of hydrogen-bond donors (Lipinski definition) is 3. The van der Waals surface area contributed by atoms with Crippen LogP contribution in [0.5, 0.6) is 0 Å². The molecular formula is C9H11ClN4O4. The van der Waals surface area contributed by atoms with Crippen LogP contribution in [-0.2, 0) is 9.53 Å². The second kappa shape index (κ2) is 6.12. The Morgan fingerprint density at radius 2 is 2.28 bits per heavy atom. The summed E-state index contributed by atoms with van der Waals surface area (Å²) in [5.74, 6) is -1.40. The molecule has 0 saturated heterocycles. The number of methoxy groups -OCH3 is 1. The van der Waals surface area contributed by atoms with Gasteiger partial charge in [0, 0.05) is 6.07 Å². The van der Waals surface area contributed by atoms with E-state index in [1.165, 1.54) is 6.07 Å². The van der Waals surface area contributed by atoms with Gasteiger partial charge in [0.1, 0.15) is 11.5 Å². The van der Waals surface area contributed by atoms with E-state index in [4.69, 9.17) is 17.3 Å². The Hall–Kier alpha value is -1.93. The van der Waals surface area contributed by atoms with Crippen LogP contribution in [0.4, 0.5) is 5.82 Å². The Bertz CT molecular complexity index is 468. The Morgan fingerprint density at radius 3 is 2.83 bits per heavy atom. The smallest absolute Gasteiger partial charge is 0.336 e. The zero-order valence-corrected chi connectivity index (χ0v) is 10.1. The normalized spacial score (nSPS) is 11.7. The van der Waals surface area contributed by atoms with Crippen LogP contribution < -0.4 is 11.1 Å². The third kappa shape index (κ3) is 3.82. The number of primary amides is 1. The average molecular weight is 275 g/mol. The van der Waals surface area contributed by atoms with Gasteiger partial charge in [-0.25, -0.2) is 14.8 Å². The number of nitrogens with zero attached hydrogens (tertiary/aromatic N) is 2. The number of aliphatic hydroxyl groups is 1. The highest BCUT2D eigenvalue weighted by Gasteiger charge is 2.15. The molecule has 1 atom stereocenters. The van der Waals surface area contributed by atoms with Gasteiger partial charge in [0.05, 0.1) is 13.7 Å². The van der Waals surface area contributed by atoms with Gasteiger partial charge in [0.15, 0.2) is 6.10 Å². The minimum Gasteiger partial charge on any atom is -0.467 e. The number of rotatable bonds is 5. The first-order valence-electron chi connectivity index (χ1n) is 4.78. The van der Waals surface area contributed by atoms with Gasteiger partial charge in [0.25, 0.3) is 5.91 Å². The number of carbonyl (C=O) groups excluding carboxylic acids is 2. The van der Waals surface area contributed by atoms with Gasteiger partial charge in [-0.2, -0.15) is 0 Å². The second-order valence-electron chi connectivity index (χ2n) is 3.19. The summed E-state index contributed by atoms with van der Waals surface area (Å²) in [7, 11) is 1.15. The fourth-order valence-corrected chi connectivity index (χ4v) is 1.24. The molecular weight excluding hydrogens is 264 g/mol. The van der Waals surface area contributed by atoms with Crippen molar-refractivity contribution in [3.63, 3.8) is 0 Å². The Kier molecular flexibility index (Phi) is 4.81. The molecule has 0 spiro atoms. The highest BCUT2D eigenvalue weighted by Crippen LogP contribution is 2.10. The monoisotopic (exact) mass is 274 g/mol. The van der Waals surface area contributed by atoms with Crippen molar-refractivity contribution in [2.45, 2.75) is 6.10 Å². The number of esters is 1. The van der Waals surface area contributed by atoms with Crippen LogP contribution in [0.15, 0.2) is 6.07 Å². The lowest BCUT2D eigenvalue weighted by Gasteiger charge is -2.10. The summed E-state index contributed by atoms with van der Waals surface area (Å²) in [5.41, 5.74) is 4.96. The maximum Gasteiger partial charge on any atom is 0.336 e. The van der Waals surface area contributed by atoms with Gasteiger partial charge in [-0.3, -0.25) is 4.79 Å². The lowest BCUT2D eigenvalue weighted by molar-refractivity contribution is -0.149. The SMILES string of the molecule is COC(=O)C(O)CNc1cc(C(N)=O)nc(Cl)n1. The van der Waals surface area contributed by atoms with Crippen molar-refractivity contribution in [1.29, 1.82) is 0 Å². The van der Waals surface area contributed by atoms with E-state index in [0.717, 1.165) is 7.11 Å². The summed E-state index contributed by atoms with van der Waals surface area (Å²) in [4.78, 5) is 29.2. The molecule has 8 nitrogen and oxygen atoms in total. The van der Waals surface area contributed by atoms with Crippen molar-refractivity contribution in [3.8, 4) is 0 Å². The van der Waals surface area contributed by atoms with E-state index < -0.39 is 18.0 Å². The number of nitrogens with one attached hydrogen (secondary N) is 1. The molecule has 4 N–H and O–H groups in total. The fourth-order valence-electron chi connectivity index (χ4n) is 1.06. The van der Waals surface area contributed by atoms with E-state index >= 15 is 0 Å². The number of carbonyl (C=O) groups is 2. The Morgan fingerprint density at radius 1 is 1.61 bits per heavy atom. The number of ether oxygens (including phenoxy) is 1. The summed E-state index contributed by atoms with van der Waals surface area (Å²) in [6.07, 6.45) is -1.36. The van der Waals surface area contributed by atoms with E-state index in [1.54, 1.807) is 0 Å². The van der Waals surface area contributed by atoms with E-state index in [-0.39, 0.29) is 23.3 Å². The first-order valence-corrected chi connectivity index (χ1v) is 5.16. The van der Waals surface area contributed by atoms with Crippen LogP contribution in [0, 0.1) is 0 Å². The molecule has 0 bridgehead atoms. The largest absolute Gasteiger partial charge is 0.467 e. The highest BCUT2D eigenvalue weighted by molar-refractivity contribution is 6.28. The maximum absolute atomic E-state index is 10.9. The molecule has 1 aromatic rings. The van der Waals surface area contributed by atoms with Crippen LogP contribution in [0.25, 0.3) is 0 Å². The summed E-state index contributed by atoms with van der Waals surface area (Å²) < 4.78 is 4.32. The topological polar surface area (TPSA) is 127 Å². The minimum atomic E-state index is -1.36. The maximum atomic E-state index is 10.9. The highest BCUT2D eigenvalue weighted by atomic mass is 35.5. The molecule has 0 saturated carbocycles. The summed E-state index contributed by atoms with van der Waals surface area (Å²) >= 11 is 5.58. The lowest BCUT2D eigenvalue weighted by atomic mass is 10.3. The molecule has 1 unspecified atom stereocenters. The van der Waals surface area contributed by atoms with E-state index in [9.17, 15) is 14.7 Å². The predicted molar refractivity (Wildman–Crippen MR) is 62.1 cm³/mol. The van der Waals surface area contributed by atoms with Crippen LogP contribution in [0.2, 0.25) is 5.28 Å². The third-order valence-electron chi connectivity index (χ3n) is 1.90. The van der Waals surface area contributed by atoms with Crippen LogP contribution in [0.3, 0.4) is 0 Å². The number of aromatic nitrogens is 2. The van der Waals surface area contributed by atoms with Crippen molar-refractivity contribution < 1.29 is 19.4 Å². The Balaban J connectivity index is 2.73. The number of hydrogen-bond acceptors (Lipinski definition) is 7. The van der Waals surface area contributed by atoms with Crippen LogP contribution in [0.1, 0.15) is 10.5 Å². The van der Waals surface area contributed by atoms with Gasteiger partial charge in [-0.1, -0.05) is 0 Å². The van der Waals surface area contributed by atoms with Gasteiger partial charge in [-0.05, 0) is 11.6 Å². The molecule has 1 aromatic heterocycles. The van der Waals surface area contributed by atoms with E-state index in [1.807, 2.05) is 0 Å². The van der Waals surface area contributed by atoms with Crippen molar-refractivity contribution >= 4 is 29.3 Å². The predicted octanol–water partition coefficient (Wildman–Crippen LogP) is -0.825. The Labute approximate surface area is 107 Å². The molecule has 0 fully saturated rings. The van der Waals surface area contributed by atoms with Crippen molar-refractivity contribution in [2.24, 2.45) is 5.73 Å². The zero-order chi connectivity index (χ0) is 13.7. The van der Waals surface area contributed by atoms with Crippen molar-refractivity contribution in [3.05, 3.63) is 17.0 Å². The summed E-state index contributed by atoms with van der Waals surface area (Å²) in [5, 5.41) is 11.7. The average Bonchev–Trinajstić information content (AvgIpc) is 2.34. The van der Waals surface area contributed by atoms with Crippen molar-refractivity contribution in [2.75, 3.05) is 19.0 Å². The number of aliphatic hydroxyl groups excluding tert-OH is 1. The number of anilines is 1. The molecule has 1 amide bonds. The quantitative estimate of drug-likeness (QED) is 0.472. The minimum absolute atomic E-state index is 0.0787. The lowest BCUT2D eigenvalue weighted by Crippen LogP contribution is -2.30. The summed E-state index contributed by atoms with van der Waals surface area (Å²) in [6, 6.07) is 1.25. The molecule has 0 radical (unpaired) electrons. The number of halogens is 1. The molecule has 0 aliphatic rings. The standard InChI is InChI=1S/C9H11ClN4O4/c1-18-8(17)5(15)3-12-6-2-4(7(11)16)13-9(10)14-6/h2,5,15H,3H2,1H3,(H2,11,16)(H,12,13,14). The van der Waals surface area contributed by atoms with E-state index in [2.05, 4.69) is 20.0 Å². The van der Waals surface area contributed by atoms with E-state index in [0.29, 0.717) is 0 Å². The van der Waals surface area contributed by atoms with Gasteiger partial charge < -0.3 is 20.9 Å². The first kappa shape index (κ1) is 14.1. The fraction of sp³-hybridized carbons (Fsp3) is 0.333. The molecule has 18 heavy (non-hydrogen) atoms.